The van der Waals surface area contributed by atoms with E-state index in [1.807, 2.05) is 6.92 Å². The van der Waals surface area contributed by atoms with Gasteiger partial charge in [0.25, 0.3) is 0 Å². The zero-order valence-corrected chi connectivity index (χ0v) is 17.0. The molecule has 10 heteroatoms. The van der Waals surface area contributed by atoms with E-state index < -0.39 is 39.6 Å². The lowest BCUT2D eigenvalue weighted by Gasteiger charge is -2.23. The van der Waals surface area contributed by atoms with Gasteiger partial charge in [0.2, 0.25) is 11.8 Å². The van der Waals surface area contributed by atoms with Gasteiger partial charge < -0.3 is 10.6 Å². The highest BCUT2D eigenvalue weighted by Gasteiger charge is 2.27. The number of amides is 2. The Morgan fingerprint density at radius 1 is 1.21 bits per heavy atom. The lowest BCUT2D eigenvalue weighted by atomic mass is 10.2. The van der Waals surface area contributed by atoms with Gasteiger partial charge in [-0.05, 0) is 36.8 Å². The summed E-state index contributed by atoms with van der Waals surface area (Å²) in [5.74, 6) is -3.13. The molecule has 29 heavy (non-hydrogen) atoms. The normalized spacial score (nSPS) is 16.1. The lowest BCUT2D eigenvalue weighted by molar-refractivity contribution is -0.116. The maximum absolute atomic E-state index is 13.6. The quantitative estimate of drug-likeness (QED) is 0.716. The van der Waals surface area contributed by atoms with Crippen molar-refractivity contribution in [1.29, 1.82) is 0 Å². The average molecular weight is 440 g/mol. The van der Waals surface area contributed by atoms with Gasteiger partial charge in [-0.25, -0.2) is 17.2 Å². The molecule has 0 aliphatic carbocycles. The molecular formula is C19H18F2N2O4S2. The maximum atomic E-state index is 13.6. The van der Waals surface area contributed by atoms with Gasteiger partial charge in [-0.1, -0.05) is 6.92 Å². The summed E-state index contributed by atoms with van der Waals surface area (Å²) in [6, 6.07) is 7.10. The highest BCUT2D eigenvalue weighted by molar-refractivity contribution is 8.01. The van der Waals surface area contributed by atoms with Crippen LogP contribution in [0.5, 0.6) is 0 Å². The second kappa shape index (κ2) is 8.50. The Labute approximate surface area is 171 Å². The van der Waals surface area contributed by atoms with Crippen LogP contribution < -0.4 is 10.6 Å². The molecule has 0 saturated heterocycles. The minimum absolute atomic E-state index is 0.0205. The second-order valence-electron chi connectivity index (χ2n) is 6.40. The summed E-state index contributed by atoms with van der Waals surface area (Å²) in [5.41, 5.74) is 0.191. The number of thioether (sulfide) groups is 1. The van der Waals surface area contributed by atoms with Crippen molar-refractivity contribution >= 4 is 44.8 Å². The molecule has 0 bridgehead atoms. The number of anilines is 2. The fourth-order valence-corrected chi connectivity index (χ4v) is 5.03. The minimum atomic E-state index is -3.81. The molecule has 0 radical (unpaired) electrons. The van der Waals surface area contributed by atoms with E-state index in [1.54, 1.807) is 6.07 Å². The van der Waals surface area contributed by atoms with Crippen LogP contribution in [0.2, 0.25) is 0 Å². The highest BCUT2D eigenvalue weighted by atomic mass is 32.2. The molecule has 1 atom stereocenters. The maximum Gasteiger partial charge on any atom is 0.237 e. The molecule has 6 nitrogen and oxygen atoms in total. The fraction of sp³-hybridized carbons (Fsp3) is 0.263. The van der Waals surface area contributed by atoms with Gasteiger partial charge in [-0.15, -0.1) is 11.8 Å². The average Bonchev–Trinajstić information content (AvgIpc) is 2.67. The summed E-state index contributed by atoms with van der Waals surface area (Å²) >= 11 is 1.37. The summed E-state index contributed by atoms with van der Waals surface area (Å²) in [4.78, 5) is 24.7. The van der Waals surface area contributed by atoms with Gasteiger partial charge in [0, 0.05) is 17.4 Å². The number of benzene rings is 2. The number of halogens is 2. The molecule has 0 spiro atoms. The zero-order chi connectivity index (χ0) is 21.2. The van der Waals surface area contributed by atoms with E-state index in [0.29, 0.717) is 18.2 Å². The Morgan fingerprint density at radius 3 is 2.66 bits per heavy atom. The number of nitrogens with one attached hydrogen (secondary N) is 2. The van der Waals surface area contributed by atoms with Crippen molar-refractivity contribution in [1.82, 2.24) is 0 Å². The van der Waals surface area contributed by atoms with Crippen LogP contribution in [0.4, 0.5) is 20.2 Å². The number of fused-ring (bicyclic) bond motifs is 1. The number of hydrogen-bond donors (Lipinski definition) is 2. The summed E-state index contributed by atoms with van der Waals surface area (Å²) in [6.07, 6.45) is 0.245. The first-order chi connectivity index (χ1) is 13.7. The molecule has 1 aliphatic heterocycles. The van der Waals surface area contributed by atoms with Crippen molar-refractivity contribution in [3.8, 4) is 0 Å². The van der Waals surface area contributed by atoms with Gasteiger partial charge in [0.15, 0.2) is 9.84 Å². The number of carbonyl (C=O) groups excluding carboxylic acids is 2. The van der Waals surface area contributed by atoms with Crippen molar-refractivity contribution in [2.75, 3.05) is 16.4 Å². The third-order valence-electron chi connectivity index (χ3n) is 4.30. The molecule has 0 aromatic heterocycles. The van der Waals surface area contributed by atoms with Crippen LogP contribution in [0.15, 0.2) is 46.2 Å². The van der Waals surface area contributed by atoms with Crippen LogP contribution in [0, 0.1) is 11.6 Å². The fourth-order valence-electron chi connectivity index (χ4n) is 2.74. The second-order valence-corrected chi connectivity index (χ2v) is 9.76. The molecule has 0 saturated carbocycles. The first-order valence-corrected chi connectivity index (χ1v) is 11.3. The van der Waals surface area contributed by atoms with Crippen molar-refractivity contribution < 1.29 is 26.8 Å². The van der Waals surface area contributed by atoms with Crippen LogP contribution in [0.1, 0.15) is 19.8 Å². The van der Waals surface area contributed by atoms with Gasteiger partial charge in [-0.2, -0.15) is 0 Å². The van der Waals surface area contributed by atoms with E-state index in [9.17, 15) is 26.8 Å². The molecule has 1 aliphatic rings. The largest absolute Gasteiger partial charge is 0.324 e. The van der Waals surface area contributed by atoms with Gasteiger partial charge >= 0.3 is 0 Å². The Hall–Kier alpha value is -2.46. The molecular weight excluding hydrogens is 422 g/mol. The predicted octanol–water partition coefficient (Wildman–Crippen LogP) is 3.59. The topological polar surface area (TPSA) is 92.3 Å². The van der Waals surface area contributed by atoms with Crippen molar-refractivity contribution in [2.24, 2.45) is 0 Å². The van der Waals surface area contributed by atoms with Crippen LogP contribution in [0.25, 0.3) is 0 Å². The number of sulfone groups is 1. The Kier molecular flexibility index (Phi) is 6.23. The van der Waals surface area contributed by atoms with Crippen molar-refractivity contribution in [3.05, 3.63) is 48.0 Å². The van der Waals surface area contributed by atoms with Crippen LogP contribution in [-0.2, 0) is 19.4 Å². The number of rotatable bonds is 6. The van der Waals surface area contributed by atoms with E-state index in [1.165, 1.54) is 23.9 Å². The number of carbonyl (C=O) groups is 2. The Balaban J connectivity index is 1.67. The first kappa shape index (κ1) is 21.3. The zero-order valence-electron chi connectivity index (χ0n) is 15.4. The van der Waals surface area contributed by atoms with Crippen LogP contribution >= 0.6 is 11.8 Å². The molecule has 0 fully saturated rings. The van der Waals surface area contributed by atoms with E-state index in [4.69, 9.17) is 0 Å². The van der Waals surface area contributed by atoms with Crippen LogP contribution in [-0.4, -0.2) is 31.2 Å². The molecule has 154 valence electrons. The van der Waals surface area contributed by atoms with E-state index in [0.717, 1.165) is 17.0 Å². The van der Waals surface area contributed by atoms with E-state index in [-0.39, 0.29) is 21.7 Å². The first-order valence-electron chi connectivity index (χ1n) is 8.79. The van der Waals surface area contributed by atoms with E-state index in [2.05, 4.69) is 10.6 Å². The van der Waals surface area contributed by atoms with Gasteiger partial charge in [-0.3, -0.25) is 9.59 Å². The standard InChI is InChI=1S/C19H18F2N2O4S2/c1-2-16-19(25)23-15-10-12(4-6-17(15)28-16)29(26,27)8-7-18(24)22-14-5-3-11(20)9-13(14)21/h3-6,9-10,16H,2,7-8H2,1H3,(H,22,24)(H,23,25). The molecule has 2 amide bonds. The molecule has 1 unspecified atom stereocenters. The molecule has 2 aromatic carbocycles. The molecule has 2 aromatic rings. The van der Waals surface area contributed by atoms with Crippen molar-refractivity contribution in [3.63, 3.8) is 0 Å². The molecule has 2 N–H and O–H groups in total. The Bertz CT molecular complexity index is 1070. The smallest absolute Gasteiger partial charge is 0.237 e. The number of hydrogen-bond acceptors (Lipinski definition) is 5. The van der Waals surface area contributed by atoms with Crippen LogP contribution in [0.3, 0.4) is 0 Å². The summed E-state index contributed by atoms with van der Waals surface area (Å²) in [7, 11) is -3.81. The van der Waals surface area contributed by atoms with Crippen molar-refractivity contribution in [2.45, 2.75) is 34.8 Å². The third-order valence-corrected chi connectivity index (χ3v) is 7.46. The Morgan fingerprint density at radius 2 is 1.97 bits per heavy atom. The van der Waals surface area contributed by atoms with E-state index >= 15 is 0 Å². The highest BCUT2D eigenvalue weighted by Crippen LogP contribution is 2.38. The minimum Gasteiger partial charge on any atom is -0.324 e. The third kappa shape index (κ3) is 4.94. The van der Waals surface area contributed by atoms with Gasteiger partial charge in [0.1, 0.15) is 11.6 Å². The summed E-state index contributed by atoms with van der Waals surface area (Å²) in [6.45, 7) is 1.89. The predicted molar refractivity (Wildman–Crippen MR) is 107 cm³/mol. The lowest BCUT2D eigenvalue weighted by Crippen LogP contribution is -2.28. The SMILES string of the molecule is CCC1Sc2ccc(S(=O)(=O)CCC(=O)Nc3ccc(F)cc3F)cc2NC1=O. The molecule has 3 rings (SSSR count). The summed E-state index contributed by atoms with van der Waals surface area (Å²) in [5, 5.41) is 4.71. The van der Waals surface area contributed by atoms with Gasteiger partial charge in [0.05, 0.1) is 27.3 Å². The monoisotopic (exact) mass is 440 g/mol. The summed E-state index contributed by atoms with van der Waals surface area (Å²) < 4.78 is 51.6. The molecule has 1 heterocycles.